The van der Waals surface area contributed by atoms with Crippen molar-refractivity contribution in [2.75, 3.05) is 11.1 Å². The topological polar surface area (TPSA) is 81.1 Å². The molecule has 4 nitrogen and oxygen atoms in total. The first-order valence-electron chi connectivity index (χ1n) is 5.39. The Morgan fingerprint density at radius 1 is 1.05 bits per heavy atom. The zero-order valence-electron chi connectivity index (χ0n) is 9.78. The molecule has 0 saturated carbocycles. The van der Waals surface area contributed by atoms with E-state index >= 15 is 0 Å². The lowest BCUT2D eigenvalue weighted by atomic mass is 10.1. The predicted molar refractivity (Wildman–Crippen MR) is 69.0 cm³/mol. The van der Waals surface area contributed by atoms with Gasteiger partial charge in [-0.2, -0.15) is 0 Å². The normalized spacial score (nSPS) is 10.2. The van der Waals surface area contributed by atoms with E-state index in [0.29, 0.717) is 5.69 Å². The Balaban J connectivity index is 2.45. The standard InChI is InChI=1S/C13H11F2N3O/c14-7-1-4-10(15)12(5-7)18-11-6-8(16)2-3-9(11)13(17)19/h1-6,18H,16H2,(H2,17,19). The molecule has 0 unspecified atom stereocenters. The summed E-state index contributed by atoms with van der Waals surface area (Å²) in [4.78, 5) is 11.2. The summed E-state index contributed by atoms with van der Waals surface area (Å²) >= 11 is 0. The zero-order valence-corrected chi connectivity index (χ0v) is 9.78. The van der Waals surface area contributed by atoms with Crippen LogP contribution in [0.5, 0.6) is 0 Å². The molecule has 5 N–H and O–H groups in total. The molecule has 0 saturated heterocycles. The van der Waals surface area contributed by atoms with Crippen molar-refractivity contribution in [3.05, 3.63) is 53.6 Å². The molecule has 0 heterocycles. The number of nitrogens with two attached hydrogens (primary N) is 2. The van der Waals surface area contributed by atoms with Gasteiger partial charge in [0.15, 0.2) is 0 Å². The minimum atomic E-state index is -0.695. The molecular weight excluding hydrogens is 252 g/mol. The summed E-state index contributed by atoms with van der Waals surface area (Å²) in [6, 6.07) is 7.28. The number of benzene rings is 2. The van der Waals surface area contributed by atoms with E-state index in [1.165, 1.54) is 18.2 Å². The van der Waals surface area contributed by atoms with Crippen molar-refractivity contribution in [1.82, 2.24) is 0 Å². The van der Waals surface area contributed by atoms with E-state index in [9.17, 15) is 13.6 Å². The average Bonchev–Trinajstić information content (AvgIpc) is 2.33. The Labute approximate surface area is 108 Å². The molecule has 0 aliphatic rings. The number of rotatable bonds is 3. The molecule has 0 aromatic heterocycles. The Morgan fingerprint density at radius 3 is 2.47 bits per heavy atom. The molecule has 2 rings (SSSR count). The number of hydrogen-bond acceptors (Lipinski definition) is 3. The van der Waals surface area contributed by atoms with E-state index in [2.05, 4.69) is 5.32 Å². The van der Waals surface area contributed by atoms with Crippen LogP contribution in [0.1, 0.15) is 10.4 Å². The highest BCUT2D eigenvalue weighted by Crippen LogP contribution is 2.25. The van der Waals surface area contributed by atoms with Gasteiger partial charge in [-0.15, -0.1) is 0 Å². The maximum Gasteiger partial charge on any atom is 0.250 e. The van der Waals surface area contributed by atoms with E-state index in [0.717, 1.165) is 18.2 Å². The molecule has 2 aromatic rings. The molecule has 98 valence electrons. The van der Waals surface area contributed by atoms with Crippen LogP contribution < -0.4 is 16.8 Å². The van der Waals surface area contributed by atoms with Gasteiger partial charge < -0.3 is 16.8 Å². The molecule has 6 heteroatoms. The van der Waals surface area contributed by atoms with Crippen molar-refractivity contribution < 1.29 is 13.6 Å². The number of nitrogen functional groups attached to an aromatic ring is 1. The van der Waals surface area contributed by atoms with Crippen molar-refractivity contribution >= 4 is 23.0 Å². The Morgan fingerprint density at radius 2 is 1.79 bits per heavy atom. The van der Waals surface area contributed by atoms with Crippen LogP contribution in [-0.4, -0.2) is 5.91 Å². The van der Waals surface area contributed by atoms with Gasteiger partial charge in [-0.1, -0.05) is 0 Å². The van der Waals surface area contributed by atoms with E-state index in [1.807, 2.05) is 0 Å². The largest absolute Gasteiger partial charge is 0.399 e. The number of carbonyl (C=O) groups is 1. The second kappa shape index (κ2) is 4.93. The van der Waals surface area contributed by atoms with Gasteiger partial charge in [0.1, 0.15) is 11.6 Å². The van der Waals surface area contributed by atoms with Gasteiger partial charge in [0.25, 0.3) is 5.91 Å². The number of hydrogen-bond donors (Lipinski definition) is 3. The lowest BCUT2D eigenvalue weighted by Gasteiger charge is -2.11. The highest BCUT2D eigenvalue weighted by Gasteiger charge is 2.11. The third-order valence-electron chi connectivity index (χ3n) is 2.51. The van der Waals surface area contributed by atoms with Gasteiger partial charge in [0, 0.05) is 11.8 Å². The second-order valence-corrected chi connectivity index (χ2v) is 3.92. The first-order chi connectivity index (χ1) is 8.97. The molecule has 1 amide bonds. The monoisotopic (exact) mass is 263 g/mol. The van der Waals surface area contributed by atoms with Gasteiger partial charge in [-0.25, -0.2) is 8.78 Å². The number of halogens is 2. The lowest BCUT2D eigenvalue weighted by molar-refractivity contribution is 0.100. The summed E-state index contributed by atoms with van der Waals surface area (Å²) in [5, 5.41) is 2.61. The van der Waals surface area contributed by atoms with Gasteiger partial charge >= 0.3 is 0 Å². The molecule has 0 aliphatic heterocycles. The van der Waals surface area contributed by atoms with Crippen LogP contribution in [0, 0.1) is 11.6 Å². The molecule has 0 spiro atoms. The van der Waals surface area contributed by atoms with Gasteiger partial charge in [-0.3, -0.25) is 4.79 Å². The Hall–Kier alpha value is -2.63. The third kappa shape index (κ3) is 2.79. The van der Waals surface area contributed by atoms with Crippen molar-refractivity contribution in [3.8, 4) is 0 Å². The van der Waals surface area contributed by atoms with Gasteiger partial charge in [-0.05, 0) is 30.3 Å². The molecule has 0 atom stereocenters. The van der Waals surface area contributed by atoms with Crippen LogP contribution in [0.4, 0.5) is 25.8 Å². The second-order valence-electron chi connectivity index (χ2n) is 3.92. The fourth-order valence-corrected chi connectivity index (χ4v) is 1.62. The van der Waals surface area contributed by atoms with E-state index in [4.69, 9.17) is 11.5 Å². The average molecular weight is 263 g/mol. The molecule has 0 radical (unpaired) electrons. The molecule has 0 fully saturated rings. The summed E-state index contributed by atoms with van der Waals surface area (Å²) < 4.78 is 26.6. The van der Waals surface area contributed by atoms with E-state index < -0.39 is 17.5 Å². The molecule has 0 aliphatic carbocycles. The first kappa shape index (κ1) is 12.8. The summed E-state index contributed by atoms with van der Waals surface area (Å²) in [5.41, 5.74) is 11.4. The maximum atomic E-state index is 13.5. The Kier molecular flexibility index (Phi) is 3.33. The fourth-order valence-electron chi connectivity index (χ4n) is 1.62. The molecular formula is C13H11F2N3O. The minimum absolute atomic E-state index is 0.104. The van der Waals surface area contributed by atoms with Crippen molar-refractivity contribution in [3.63, 3.8) is 0 Å². The van der Waals surface area contributed by atoms with Crippen molar-refractivity contribution in [2.24, 2.45) is 5.73 Å². The summed E-state index contributed by atoms with van der Waals surface area (Å²) in [5.74, 6) is -1.95. The van der Waals surface area contributed by atoms with Crippen LogP contribution in [0.15, 0.2) is 36.4 Å². The molecule has 0 bridgehead atoms. The van der Waals surface area contributed by atoms with Crippen molar-refractivity contribution in [2.45, 2.75) is 0 Å². The molecule has 19 heavy (non-hydrogen) atoms. The van der Waals surface area contributed by atoms with E-state index in [-0.39, 0.29) is 16.9 Å². The van der Waals surface area contributed by atoms with Crippen LogP contribution in [0.25, 0.3) is 0 Å². The smallest absolute Gasteiger partial charge is 0.250 e. The first-order valence-corrected chi connectivity index (χ1v) is 5.39. The maximum absolute atomic E-state index is 13.5. The van der Waals surface area contributed by atoms with Gasteiger partial charge in [0.05, 0.1) is 16.9 Å². The number of carbonyl (C=O) groups excluding carboxylic acids is 1. The van der Waals surface area contributed by atoms with Gasteiger partial charge in [0.2, 0.25) is 0 Å². The quantitative estimate of drug-likeness (QED) is 0.744. The zero-order chi connectivity index (χ0) is 14.0. The highest BCUT2D eigenvalue weighted by atomic mass is 19.1. The molecule has 2 aromatic carbocycles. The third-order valence-corrected chi connectivity index (χ3v) is 2.51. The van der Waals surface area contributed by atoms with Crippen LogP contribution in [0.3, 0.4) is 0 Å². The number of amides is 1. The van der Waals surface area contributed by atoms with Crippen LogP contribution in [0.2, 0.25) is 0 Å². The SMILES string of the molecule is NC(=O)c1ccc(N)cc1Nc1cc(F)ccc1F. The fraction of sp³-hybridized carbons (Fsp3) is 0. The minimum Gasteiger partial charge on any atom is -0.399 e. The van der Waals surface area contributed by atoms with E-state index in [1.54, 1.807) is 0 Å². The highest BCUT2D eigenvalue weighted by molar-refractivity contribution is 5.99. The van der Waals surface area contributed by atoms with Crippen LogP contribution >= 0.6 is 0 Å². The number of anilines is 3. The summed E-state index contributed by atoms with van der Waals surface area (Å²) in [6.45, 7) is 0. The van der Waals surface area contributed by atoms with Crippen LogP contribution in [-0.2, 0) is 0 Å². The number of primary amides is 1. The predicted octanol–water partition coefficient (Wildman–Crippen LogP) is 2.39. The number of nitrogens with one attached hydrogen (secondary N) is 1. The Bertz CT molecular complexity index is 644. The van der Waals surface area contributed by atoms with Crippen molar-refractivity contribution in [1.29, 1.82) is 0 Å². The summed E-state index contributed by atoms with van der Waals surface area (Å²) in [7, 11) is 0. The summed E-state index contributed by atoms with van der Waals surface area (Å²) in [6.07, 6.45) is 0. The lowest BCUT2D eigenvalue weighted by Crippen LogP contribution is -2.13.